The lowest BCUT2D eigenvalue weighted by Gasteiger charge is -2.10. The number of carbonyl (C=O) groups excluding carboxylic acids is 1. The lowest BCUT2D eigenvalue weighted by Crippen LogP contribution is -2.14. The molecule has 0 aliphatic rings. The molecule has 2 aromatic carbocycles. The number of amides is 1. The van der Waals surface area contributed by atoms with E-state index in [1.807, 2.05) is 54.6 Å². The van der Waals surface area contributed by atoms with Gasteiger partial charge < -0.3 is 10.1 Å². The summed E-state index contributed by atoms with van der Waals surface area (Å²) in [4.78, 5) is 12.4. The third-order valence-corrected chi connectivity index (χ3v) is 5.85. The number of fused-ring (bicyclic) bond motifs is 3. The van der Waals surface area contributed by atoms with Crippen LogP contribution in [0.4, 0.5) is 5.69 Å². The van der Waals surface area contributed by atoms with Crippen LogP contribution in [0.2, 0.25) is 5.02 Å². The Morgan fingerprint density at radius 3 is 2.76 bits per heavy atom. The van der Waals surface area contributed by atoms with Gasteiger partial charge in [-0.15, -0.1) is 10.2 Å². The van der Waals surface area contributed by atoms with Gasteiger partial charge in [0.1, 0.15) is 5.75 Å². The van der Waals surface area contributed by atoms with Crippen molar-refractivity contribution in [2.75, 3.05) is 18.2 Å². The van der Waals surface area contributed by atoms with E-state index in [2.05, 4.69) is 15.5 Å². The number of rotatable bonds is 5. The van der Waals surface area contributed by atoms with E-state index in [4.69, 9.17) is 16.3 Å². The summed E-state index contributed by atoms with van der Waals surface area (Å²) >= 11 is 7.52. The second kappa shape index (κ2) is 7.93. The molecule has 6 nitrogen and oxygen atoms in total. The van der Waals surface area contributed by atoms with Gasteiger partial charge in [0.05, 0.1) is 29.1 Å². The van der Waals surface area contributed by atoms with Gasteiger partial charge in [0.15, 0.2) is 10.8 Å². The molecule has 148 valence electrons. The number of pyridine rings is 1. The molecule has 0 saturated carbocycles. The molecule has 0 radical (unpaired) electrons. The van der Waals surface area contributed by atoms with Crippen molar-refractivity contribution in [3.05, 3.63) is 58.6 Å². The summed E-state index contributed by atoms with van der Waals surface area (Å²) in [5.41, 5.74) is 4.40. The highest BCUT2D eigenvalue weighted by Crippen LogP contribution is 2.29. The molecule has 0 unspecified atom stereocenters. The highest BCUT2D eigenvalue weighted by atomic mass is 35.5. The number of benzene rings is 2. The predicted octanol–water partition coefficient (Wildman–Crippen LogP) is 4.89. The number of aryl methyl sites for hydroxylation is 2. The molecular weight excluding hydrogens is 408 g/mol. The standard InChI is InChI=1S/C21H19ClN4O2S/c1-12-4-7-17(16(22)8-12)23-20(27)11-29-21-25-24-19-9-13(2)15-6-5-14(28-3)10-18(15)26(19)21/h4-10H,11H2,1-3H3,(H,23,27). The maximum absolute atomic E-state index is 12.4. The van der Waals surface area contributed by atoms with Crippen molar-refractivity contribution < 1.29 is 9.53 Å². The van der Waals surface area contributed by atoms with Crippen molar-refractivity contribution >= 4 is 51.5 Å². The molecule has 29 heavy (non-hydrogen) atoms. The topological polar surface area (TPSA) is 68.5 Å². The van der Waals surface area contributed by atoms with E-state index in [1.165, 1.54) is 11.8 Å². The van der Waals surface area contributed by atoms with Gasteiger partial charge in [-0.05, 0) is 55.3 Å². The van der Waals surface area contributed by atoms with E-state index in [-0.39, 0.29) is 11.7 Å². The predicted molar refractivity (Wildman–Crippen MR) is 117 cm³/mol. The van der Waals surface area contributed by atoms with Crippen LogP contribution in [-0.2, 0) is 4.79 Å². The van der Waals surface area contributed by atoms with Gasteiger partial charge in [-0.2, -0.15) is 0 Å². The molecule has 0 saturated heterocycles. The highest BCUT2D eigenvalue weighted by molar-refractivity contribution is 7.99. The Morgan fingerprint density at radius 2 is 2.00 bits per heavy atom. The average Bonchev–Trinajstić information content (AvgIpc) is 3.11. The number of thioether (sulfide) groups is 1. The summed E-state index contributed by atoms with van der Waals surface area (Å²) in [5, 5.41) is 13.6. The molecular formula is C21H19ClN4O2S. The number of carbonyl (C=O) groups is 1. The van der Waals surface area contributed by atoms with E-state index < -0.39 is 0 Å². The Bertz CT molecular complexity index is 1240. The quantitative estimate of drug-likeness (QED) is 0.460. The number of ether oxygens (including phenoxy) is 1. The van der Waals surface area contributed by atoms with Crippen LogP contribution in [0, 0.1) is 13.8 Å². The van der Waals surface area contributed by atoms with Gasteiger partial charge in [-0.3, -0.25) is 9.20 Å². The molecule has 0 spiro atoms. The summed E-state index contributed by atoms with van der Waals surface area (Å²) in [6, 6.07) is 13.4. The molecule has 4 aromatic rings. The number of methoxy groups -OCH3 is 1. The minimum atomic E-state index is -0.161. The maximum Gasteiger partial charge on any atom is 0.234 e. The Morgan fingerprint density at radius 1 is 1.17 bits per heavy atom. The van der Waals surface area contributed by atoms with Crippen molar-refractivity contribution in [3.8, 4) is 5.75 Å². The van der Waals surface area contributed by atoms with Gasteiger partial charge in [0.2, 0.25) is 5.91 Å². The van der Waals surface area contributed by atoms with Crippen LogP contribution >= 0.6 is 23.4 Å². The Hall–Kier alpha value is -2.77. The first kappa shape index (κ1) is 19.5. The number of anilines is 1. The number of aromatic nitrogens is 3. The smallest absolute Gasteiger partial charge is 0.234 e. The molecule has 1 amide bonds. The molecule has 0 aliphatic heterocycles. The van der Waals surface area contributed by atoms with Crippen LogP contribution in [0.1, 0.15) is 11.1 Å². The first-order chi connectivity index (χ1) is 14.0. The summed E-state index contributed by atoms with van der Waals surface area (Å²) in [6.45, 7) is 3.99. The Labute approximate surface area is 177 Å². The summed E-state index contributed by atoms with van der Waals surface area (Å²) < 4.78 is 7.32. The monoisotopic (exact) mass is 426 g/mol. The normalized spacial score (nSPS) is 11.2. The molecule has 2 aromatic heterocycles. The Balaban J connectivity index is 1.61. The molecule has 0 aliphatic carbocycles. The van der Waals surface area contributed by atoms with Crippen molar-refractivity contribution in [1.82, 2.24) is 14.6 Å². The van der Waals surface area contributed by atoms with Crippen LogP contribution in [0.3, 0.4) is 0 Å². The van der Waals surface area contributed by atoms with Crippen LogP contribution in [0.25, 0.3) is 16.6 Å². The highest BCUT2D eigenvalue weighted by Gasteiger charge is 2.14. The zero-order chi connectivity index (χ0) is 20.5. The second-order valence-electron chi connectivity index (χ2n) is 6.71. The minimum Gasteiger partial charge on any atom is -0.497 e. The van der Waals surface area contributed by atoms with E-state index >= 15 is 0 Å². The number of halogens is 1. The van der Waals surface area contributed by atoms with E-state index in [0.29, 0.717) is 15.9 Å². The van der Waals surface area contributed by atoms with E-state index in [1.54, 1.807) is 13.2 Å². The zero-order valence-electron chi connectivity index (χ0n) is 16.2. The molecule has 1 N–H and O–H groups in total. The summed E-state index contributed by atoms with van der Waals surface area (Å²) in [6.07, 6.45) is 0. The average molecular weight is 427 g/mol. The third-order valence-electron chi connectivity index (χ3n) is 4.61. The van der Waals surface area contributed by atoms with Crippen molar-refractivity contribution in [2.45, 2.75) is 19.0 Å². The first-order valence-corrected chi connectivity index (χ1v) is 10.3. The first-order valence-electron chi connectivity index (χ1n) is 8.97. The number of hydrogen-bond acceptors (Lipinski definition) is 5. The minimum absolute atomic E-state index is 0.161. The number of hydrogen-bond donors (Lipinski definition) is 1. The molecule has 0 bridgehead atoms. The lowest BCUT2D eigenvalue weighted by atomic mass is 10.1. The summed E-state index contributed by atoms with van der Waals surface area (Å²) in [7, 11) is 1.64. The maximum atomic E-state index is 12.4. The fourth-order valence-electron chi connectivity index (χ4n) is 3.16. The number of nitrogens with one attached hydrogen (secondary N) is 1. The molecule has 0 fully saturated rings. The van der Waals surface area contributed by atoms with Gasteiger partial charge in [0, 0.05) is 11.5 Å². The van der Waals surface area contributed by atoms with Crippen LogP contribution < -0.4 is 10.1 Å². The Kier molecular flexibility index (Phi) is 5.34. The van der Waals surface area contributed by atoms with Crippen LogP contribution in [0.15, 0.2) is 47.6 Å². The number of nitrogens with zero attached hydrogens (tertiary/aromatic N) is 3. The SMILES string of the molecule is COc1ccc2c(C)cc3nnc(SCC(=O)Nc4ccc(C)cc4Cl)n3c2c1. The third kappa shape index (κ3) is 3.88. The van der Waals surface area contributed by atoms with Crippen molar-refractivity contribution in [2.24, 2.45) is 0 Å². The largest absolute Gasteiger partial charge is 0.497 e. The fraction of sp³-hybridized carbons (Fsp3) is 0.190. The van der Waals surface area contributed by atoms with Gasteiger partial charge in [-0.25, -0.2) is 0 Å². The van der Waals surface area contributed by atoms with Gasteiger partial charge in [0.25, 0.3) is 0 Å². The van der Waals surface area contributed by atoms with E-state index in [9.17, 15) is 4.79 Å². The van der Waals surface area contributed by atoms with Crippen LogP contribution in [0.5, 0.6) is 5.75 Å². The van der Waals surface area contributed by atoms with E-state index in [0.717, 1.165) is 33.4 Å². The zero-order valence-corrected chi connectivity index (χ0v) is 17.8. The second-order valence-corrected chi connectivity index (χ2v) is 8.06. The van der Waals surface area contributed by atoms with Crippen molar-refractivity contribution in [1.29, 1.82) is 0 Å². The molecule has 4 rings (SSSR count). The van der Waals surface area contributed by atoms with Gasteiger partial charge >= 0.3 is 0 Å². The van der Waals surface area contributed by atoms with Crippen molar-refractivity contribution in [3.63, 3.8) is 0 Å². The molecule has 2 heterocycles. The fourth-order valence-corrected chi connectivity index (χ4v) is 4.20. The van der Waals surface area contributed by atoms with Crippen LogP contribution in [-0.4, -0.2) is 33.4 Å². The molecule has 0 atom stereocenters. The van der Waals surface area contributed by atoms with Gasteiger partial charge in [-0.1, -0.05) is 29.4 Å². The summed E-state index contributed by atoms with van der Waals surface area (Å²) in [5.74, 6) is 0.775. The molecule has 8 heteroatoms. The lowest BCUT2D eigenvalue weighted by molar-refractivity contribution is -0.113.